The molecule has 20 heavy (non-hydrogen) atoms. The smallest absolute Gasteiger partial charge is 0.192 e. The van der Waals surface area contributed by atoms with Crippen molar-refractivity contribution in [2.45, 2.75) is 20.0 Å². The summed E-state index contributed by atoms with van der Waals surface area (Å²) in [6, 6.07) is 5.84. The Morgan fingerprint density at radius 1 is 1.40 bits per heavy atom. The molecule has 0 saturated heterocycles. The van der Waals surface area contributed by atoms with Gasteiger partial charge in [-0.05, 0) is 18.2 Å². The number of nitrogens with one attached hydrogen (secondary N) is 1. The Morgan fingerprint density at radius 2 is 2.30 bits per heavy atom. The highest BCUT2D eigenvalue weighted by atomic mass is 16.3. The summed E-state index contributed by atoms with van der Waals surface area (Å²) in [5, 5.41) is 16.3. The van der Waals surface area contributed by atoms with Crippen molar-refractivity contribution in [2.75, 3.05) is 11.9 Å². The molecule has 0 fully saturated rings. The van der Waals surface area contributed by atoms with Crippen LogP contribution in [0.3, 0.4) is 0 Å². The minimum atomic E-state index is 0.0940. The number of hydrogen-bond acceptors (Lipinski definition) is 5. The Morgan fingerprint density at radius 3 is 3.15 bits per heavy atom. The van der Waals surface area contributed by atoms with Gasteiger partial charge in [-0.25, -0.2) is 4.98 Å². The molecule has 0 bridgehead atoms. The van der Waals surface area contributed by atoms with Crippen molar-refractivity contribution in [3.63, 3.8) is 0 Å². The van der Waals surface area contributed by atoms with Gasteiger partial charge >= 0.3 is 0 Å². The monoisotopic (exact) mass is 272 g/mol. The van der Waals surface area contributed by atoms with Gasteiger partial charge in [0.1, 0.15) is 5.52 Å². The lowest BCUT2D eigenvalue weighted by molar-refractivity contribution is 0.269. The third-order valence-corrected chi connectivity index (χ3v) is 3.01. The van der Waals surface area contributed by atoms with E-state index in [1.54, 1.807) is 10.9 Å². The molecule has 0 aliphatic heterocycles. The van der Waals surface area contributed by atoms with Crippen molar-refractivity contribution in [2.24, 2.45) is 0 Å². The van der Waals surface area contributed by atoms with E-state index in [0.29, 0.717) is 19.0 Å². The predicted molar refractivity (Wildman–Crippen MR) is 75.4 cm³/mol. The fourth-order valence-electron chi connectivity index (χ4n) is 2.08. The molecule has 2 aromatic heterocycles. The Hall–Kier alpha value is -2.34. The Kier molecular flexibility index (Phi) is 3.39. The second kappa shape index (κ2) is 5.34. The van der Waals surface area contributed by atoms with E-state index < -0.39 is 0 Å². The predicted octanol–water partition coefficient (Wildman–Crippen LogP) is 1.94. The largest absolute Gasteiger partial charge is 0.441 e. The van der Waals surface area contributed by atoms with E-state index in [2.05, 4.69) is 15.4 Å². The third kappa shape index (κ3) is 2.65. The molecule has 6 heteroatoms. The Balaban J connectivity index is 1.69. The van der Waals surface area contributed by atoms with E-state index in [4.69, 9.17) is 9.52 Å². The van der Waals surface area contributed by atoms with Crippen molar-refractivity contribution in [1.82, 2.24) is 14.8 Å². The van der Waals surface area contributed by atoms with Gasteiger partial charge in [-0.1, -0.05) is 0 Å². The number of nitrogens with zero attached hydrogens (tertiary/aromatic N) is 3. The number of aliphatic hydroxyl groups excluding tert-OH is 1. The Labute approximate surface area is 116 Å². The standard InChI is InChI=1S/C14H16N4O2/c1-10-17-13-6-12(2-3-14(13)20-10)15-7-11-8-16-18(9-11)4-5-19/h2-3,6,8-9,15,19H,4-5,7H2,1H3. The zero-order valence-corrected chi connectivity index (χ0v) is 11.2. The van der Waals surface area contributed by atoms with E-state index in [-0.39, 0.29) is 6.61 Å². The van der Waals surface area contributed by atoms with E-state index >= 15 is 0 Å². The average Bonchev–Trinajstić information content (AvgIpc) is 3.01. The molecular weight excluding hydrogens is 256 g/mol. The van der Waals surface area contributed by atoms with Crippen LogP contribution in [0.25, 0.3) is 11.1 Å². The lowest BCUT2D eigenvalue weighted by Gasteiger charge is -2.03. The number of benzene rings is 1. The van der Waals surface area contributed by atoms with Crippen molar-refractivity contribution in [3.8, 4) is 0 Å². The van der Waals surface area contributed by atoms with E-state index in [1.807, 2.05) is 31.3 Å². The highest BCUT2D eigenvalue weighted by molar-refractivity contribution is 5.77. The first kappa shape index (κ1) is 12.7. The van der Waals surface area contributed by atoms with E-state index in [9.17, 15) is 0 Å². The van der Waals surface area contributed by atoms with Gasteiger partial charge < -0.3 is 14.8 Å². The van der Waals surface area contributed by atoms with Crippen molar-refractivity contribution < 1.29 is 9.52 Å². The summed E-state index contributed by atoms with van der Waals surface area (Å²) in [5.41, 5.74) is 3.70. The van der Waals surface area contributed by atoms with Gasteiger partial charge in [-0.15, -0.1) is 0 Å². The number of aromatic nitrogens is 3. The van der Waals surface area contributed by atoms with Crippen molar-refractivity contribution >= 4 is 16.8 Å². The number of anilines is 1. The van der Waals surface area contributed by atoms with Crippen molar-refractivity contribution in [1.29, 1.82) is 0 Å². The molecule has 2 heterocycles. The van der Waals surface area contributed by atoms with Crippen LogP contribution in [0.4, 0.5) is 5.69 Å². The topological polar surface area (TPSA) is 76.1 Å². The maximum Gasteiger partial charge on any atom is 0.192 e. The fourth-order valence-corrected chi connectivity index (χ4v) is 2.08. The lowest BCUT2D eigenvalue weighted by Crippen LogP contribution is -2.02. The first-order valence-corrected chi connectivity index (χ1v) is 6.48. The zero-order chi connectivity index (χ0) is 13.9. The molecule has 1 aromatic carbocycles. The average molecular weight is 272 g/mol. The van der Waals surface area contributed by atoms with Crippen LogP contribution in [-0.4, -0.2) is 26.5 Å². The summed E-state index contributed by atoms with van der Waals surface area (Å²) in [4.78, 5) is 4.31. The van der Waals surface area contributed by atoms with E-state index in [1.165, 1.54) is 0 Å². The molecule has 0 atom stereocenters. The molecule has 0 unspecified atom stereocenters. The van der Waals surface area contributed by atoms with Gasteiger partial charge in [0.05, 0.1) is 19.3 Å². The summed E-state index contributed by atoms with van der Waals surface area (Å²) in [5.74, 6) is 0.669. The molecule has 6 nitrogen and oxygen atoms in total. The number of aliphatic hydroxyl groups is 1. The minimum absolute atomic E-state index is 0.0940. The quantitative estimate of drug-likeness (QED) is 0.742. The maximum atomic E-state index is 8.85. The molecule has 2 N–H and O–H groups in total. The van der Waals surface area contributed by atoms with Crippen molar-refractivity contribution in [3.05, 3.63) is 42.0 Å². The van der Waals surface area contributed by atoms with Crippen LogP contribution in [0.15, 0.2) is 35.0 Å². The molecule has 0 saturated carbocycles. The molecule has 0 amide bonds. The van der Waals surface area contributed by atoms with Crippen LogP contribution >= 0.6 is 0 Å². The normalized spacial score (nSPS) is 11.1. The molecule has 104 valence electrons. The SMILES string of the molecule is Cc1nc2cc(NCc3cnn(CCO)c3)ccc2o1. The first-order valence-electron chi connectivity index (χ1n) is 6.48. The van der Waals surface area contributed by atoms with Gasteiger partial charge in [0.25, 0.3) is 0 Å². The van der Waals surface area contributed by atoms with Crippen LogP contribution in [0.1, 0.15) is 11.5 Å². The highest BCUT2D eigenvalue weighted by Gasteiger charge is 2.03. The first-order chi connectivity index (χ1) is 9.74. The van der Waals surface area contributed by atoms with Crippen LogP contribution < -0.4 is 5.32 Å². The second-order valence-electron chi connectivity index (χ2n) is 4.60. The van der Waals surface area contributed by atoms with Crippen LogP contribution in [0.5, 0.6) is 0 Å². The third-order valence-electron chi connectivity index (χ3n) is 3.01. The lowest BCUT2D eigenvalue weighted by atomic mass is 10.2. The number of rotatable bonds is 5. The van der Waals surface area contributed by atoms with Crippen LogP contribution in [0, 0.1) is 6.92 Å². The molecule has 0 radical (unpaired) electrons. The maximum absolute atomic E-state index is 8.85. The number of hydrogen-bond donors (Lipinski definition) is 2. The fraction of sp³-hybridized carbons (Fsp3) is 0.286. The number of aryl methyl sites for hydroxylation is 1. The second-order valence-corrected chi connectivity index (χ2v) is 4.60. The van der Waals surface area contributed by atoms with Crippen LogP contribution in [0.2, 0.25) is 0 Å². The highest BCUT2D eigenvalue weighted by Crippen LogP contribution is 2.20. The van der Waals surface area contributed by atoms with Crippen LogP contribution in [-0.2, 0) is 13.1 Å². The Bertz CT molecular complexity index is 717. The molecule has 3 rings (SSSR count). The minimum Gasteiger partial charge on any atom is -0.441 e. The van der Waals surface area contributed by atoms with Gasteiger partial charge in [0.2, 0.25) is 0 Å². The molecule has 0 aliphatic rings. The summed E-state index contributed by atoms with van der Waals surface area (Å²) in [6.07, 6.45) is 3.71. The molecule has 0 spiro atoms. The summed E-state index contributed by atoms with van der Waals surface area (Å²) in [6.45, 7) is 3.12. The summed E-state index contributed by atoms with van der Waals surface area (Å²) < 4.78 is 7.16. The molecule has 3 aromatic rings. The van der Waals surface area contributed by atoms with Gasteiger partial charge in [-0.3, -0.25) is 4.68 Å². The summed E-state index contributed by atoms with van der Waals surface area (Å²) in [7, 11) is 0. The van der Waals surface area contributed by atoms with Gasteiger partial charge in [-0.2, -0.15) is 5.10 Å². The number of fused-ring (bicyclic) bond motifs is 1. The summed E-state index contributed by atoms with van der Waals surface area (Å²) >= 11 is 0. The molecule has 0 aliphatic carbocycles. The zero-order valence-electron chi connectivity index (χ0n) is 11.2. The van der Waals surface area contributed by atoms with Gasteiger partial charge in [0.15, 0.2) is 11.5 Å². The van der Waals surface area contributed by atoms with E-state index in [0.717, 1.165) is 22.4 Å². The van der Waals surface area contributed by atoms with Gasteiger partial charge in [0, 0.05) is 30.9 Å². The number of oxazole rings is 1. The molecular formula is C14H16N4O2.